The Morgan fingerprint density at radius 2 is 2.26 bits per heavy atom. The summed E-state index contributed by atoms with van der Waals surface area (Å²) in [7, 11) is 1.69. The number of rotatable bonds is 6. The molecule has 0 spiro atoms. The molecule has 1 aromatic heterocycles. The third-order valence-corrected chi connectivity index (χ3v) is 2.68. The van der Waals surface area contributed by atoms with Gasteiger partial charge >= 0.3 is 0 Å². The lowest BCUT2D eigenvalue weighted by Gasteiger charge is -2.21. The molecule has 0 aliphatic heterocycles. The van der Waals surface area contributed by atoms with Gasteiger partial charge in [0.1, 0.15) is 18.9 Å². The monoisotopic (exact) mass is 268 g/mol. The van der Waals surface area contributed by atoms with Gasteiger partial charge in [0.2, 0.25) is 5.91 Å². The Kier molecular flexibility index (Phi) is 5.50. The van der Waals surface area contributed by atoms with Crippen molar-refractivity contribution in [1.29, 1.82) is 0 Å². The molecule has 0 saturated heterocycles. The van der Waals surface area contributed by atoms with Crippen LogP contribution in [0.15, 0.2) is 17.1 Å². The van der Waals surface area contributed by atoms with Crippen LogP contribution in [0.2, 0.25) is 0 Å². The summed E-state index contributed by atoms with van der Waals surface area (Å²) in [5, 5.41) is 3.90. The lowest BCUT2D eigenvalue weighted by molar-refractivity contribution is -0.132. The van der Waals surface area contributed by atoms with Crippen molar-refractivity contribution < 1.29 is 9.53 Å². The van der Waals surface area contributed by atoms with Gasteiger partial charge < -0.3 is 15.4 Å². The van der Waals surface area contributed by atoms with E-state index in [9.17, 15) is 9.59 Å². The number of ether oxygens (including phenoxy) is 1. The van der Waals surface area contributed by atoms with Crippen LogP contribution in [-0.4, -0.2) is 46.8 Å². The van der Waals surface area contributed by atoms with Gasteiger partial charge in [0.05, 0.1) is 6.20 Å². The topological polar surface area (TPSA) is 90.4 Å². The van der Waals surface area contributed by atoms with E-state index < -0.39 is 0 Å². The van der Waals surface area contributed by atoms with Gasteiger partial charge in [-0.05, 0) is 13.8 Å². The summed E-state index contributed by atoms with van der Waals surface area (Å²) in [6.07, 6.45) is 1.40. The Bertz CT molecular complexity index is 484. The Labute approximate surface area is 112 Å². The smallest absolute Gasteiger partial charge is 0.270 e. The zero-order valence-corrected chi connectivity index (χ0v) is 11.5. The first-order valence-electron chi connectivity index (χ1n) is 6.11. The normalized spacial score (nSPS) is 10.6. The second-order valence-electron chi connectivity index (χ2n) is 4.42. The van der Waals surface area contributed by atoms with E-state index in [4.69, 9.17) is 10.5 Å². The van der Waals surface area contributed by atoms with Gasteiger partial charge in [-0.1, -0.05) is 0 Å². The van der Waals surface area contributed by atoms with Crippen molar-refractivity contribution in [3.63, 3.8) is 0 Å². The number of likely N-dealkylation sites (N-methyl/N-ethyl adjacent to an activating group) is 1. The highest BCUT2D eigenvalue weighted by molar-refractivity contribution is 5.75. The van der Waals surface area contributed by atoms with E-state index in [1.165, 1.54) is 12.3 Å². The standard InChI is InChI=1S/C12H20N4O3/c1-9(2)15(3)12(18)8-16-11(17)6-10(7-14-16)19-5-4-13/h6-7,9H,4-5,8,13H2,1-3H3. The number of nitrogens with zero attached hydrogens (tertiary/aromatic N) is 3. The van der Waals surface area contributed by atoms with Gasteiger partial charge in [-0.3, -0.25) is 9.59 Å². The van der Waals surface area contributed by atoms with Gasteiger partial charge in [0.15, 0.2) is 0 Å². The molecule has 0 unspecified atom stereocenters. The highest BCUT2D eigenvalue weighted by Gasteiger charge is 2.13. The number of carbonyl (C=O) groups excluding carboxylic acids is 1. The lowest BCUT2D eigenvalue weighted by Crippen LogP contribution is -2.38. The van der Waals surface area contributed by atoms with Gasteiger partial charge in [-0.2, -0.15) is 5.10 Å². The molecule has 0 aromatic carbocycles. The number of aromatic nitrogens is 2. The highest BCUT2D eigenvalue weighted by Crippen LogP contribution is 2.03. The summed E-state index contributed by atoms with van der Waals surface area (Å²) in [5.41, 5.74) is 4.92. The van der Waals surface area contributed by atoms with Crippen molar-refractivity contribution >= 4 is 5.91 Å². The van der Waals surface area contributed by atoms with E-state index in [0.29, 0.717) is 18.9 Å². The maximum Gasteiger partial charge on any atom is 0.270 e. The largest absolute Gasteiger partial charge is 0.490 e. The molecule has 0 saturated carbocycles. The van der Waals surface area contributed by atoms with Crippen molar-refractivity contribution in [3.8, 4) is 5.75 Å². The van der Waals surface area contributed by atoms with Gasteiger partial charge in [-0.15, -0.1) is 0 Å². The van der Waals surface area contributed by atoms with Gasteiger partial charge in [0, 0.05) is 25.7 Å². The van der Waals surface area contributed by atoms with Crippen LogP contribution < -0.4 is 16.0 Å². The summed E-state index contributed by atoms with van der Waals surface area (Å²) < 4.78 is 6.29. The minimum absolute atomic E-state index is 0.0787. The van der Waals surface area contributed by atoms with Crippen molar-refractivity contribution in [3.05, 3.63) is 22.6 Å². The molecule has 1 rings (SSSR count). The first kappa shape index (κ1) is 15.2. The molecule has 0 aliphatic rings. The third kappa shape index (κ3) is 4.36. The molecule has 0 bridgehead atoms. The van der Waals surface area contributed by atoms with Crippen LogP contribution >= 0.6 is 0 Å². The molecule has 19 heavy (non-hydrogen) atoms. The van der Waals surface area contributed by atoms with Crippen molar-refractivity contribution in [2.75, 3.05) is 20.2 Å². The molecule has 1 aromatic rings. The Morgan fingerprint density at radius 1 is 1.58 bits per heavy atom. The summed E-state index contributed by atoms with van der Waals surface area (Å²) in [4.78, 5) is 25.2. The Balaban J connectivity index is 2.75. The van der Waals surface area contributed by atoms with E-state index >= 15 is 0 Å². The van der Waals surface area contributed by atoms with Crippen molar-refractivity contribution in [2.24, 2.45) is 5.73 Å². The number of carbonyl (C=O) groups is 1. The number of hydrogen-bond acceptors (Lipinski definition) is 5. The second-order valence-corrected chi connectivity index (χ2v) is 4.42. The van der Waals surface area contributed by atoms with E-state index in [1.54, 1.807) is 11.9 Å². The van der Waals surface area contributed by atoms with Crippen LogP contribution in [0.1, 0.15) is 13.8 Å². The van der Waals surface area contributed by atoms with Crippen LogP contribution in [0.5, 0.6) is 5.75 Å². The number of amides is 1. The molecular formula is C12H20N4O3. The molecule has 7 heteroatoms. The van der Waals surface area contributed by atoms with Gasteiger partial charge in [-0.25, -0.2) is 4.68 Å². The van der Waals surface area contributed by atoms with Crippen LogP contribution in [0.25, 0.3) is 0 Å². The average Bonchev–Trinajstić information content (AvgIpc) is 2.37. The molecule has 0 fully saturated rings. The third-order valence-electron chi connectivity index (χ3n) is 2.68. The molecule has 106 valence electrons. The minimum atomic E-state index is -0.375. The predicted molar refractivity (Wildman–Crippen MR) is 71.0 cm³/mol. The molecule has 7 nitrogen and oxygen atoms in total. The quantitative estimate of drug-likeness (QED) is 0.747. The Morgan fingerprint density at radius 3 is 2.79 bits per heavy atom. The zero-order valence-electron chi connectivity index (χ0n) is 11.5. The molecule has 0 radical (unpaired) electrons. The first-order valence-corrected chi connectivity index (χ1v) is 6.11. The zero-order chi connectivity index (χ0) is 14.4. The summed E-state index contributed by atoms with van der Waals surface area (Å²) in [6.45, 7) is 4.40. The number of hydrogen-bond donors (Lipinski definition) is 1. The van der Waals surface area contributed by atoms with E-state index in [-0.39, 0.29) is 24.1 Å². The minimum Gasteiger partial charge on any atom is -0.490 e. The average molecular weight is 268 g/mol. The van der Waals surface area contributed by atoms with Crippen LogP contribution in [-0.2, 0) is 11.3 Å². The maximum absolute atomic E-state index is 11.8. The summed E-state index contributed by atoms with van der Waals surface area (Å²) in [6, 6.07) is 1.38. The lowest BCUT2D eigenvalue weighted by atomic mass is 10.3. The fraction of sp³-hybridized carbons (Fsp3) is 0.583. The Hall–Kier alpha value is -1.89. The van der Waals surface area contributed by atoms with Crippen LogP contribution in [0.3, 0.4) is 0 Å². The summed E-state index contributed by atoms with van der Waals surface area (Å²) >= 11 is 0. The van der Waals surface area contributed by atoms with E-state index in [1.807, 2.05) is 13.8 Å². The molecule has 1 amide bonds. The van der Waals surface area contributed by atoms with E-state index in [2.05, 4.69) is 5.10 Å². The van der Waals surface area contributed by atoms with Crippen LogP contribution in [0.4, 0.5) is 0 Å². The van der Waals surface area contributed by atoms with Crippen molar-refractivity contribution in [2.45, 2.75) is 26.4 Å². The maximum atomic E-state index is 11.8. The predicted octanol–water partition coefficient (Wildman–Crippen LogP) is -0.552. The van der Waals surface area contributed by atoms with Gasteiger partial charge in [0.25, 0.3) is 5.56 Å². The number of nitrogens with two attached hydrogens (primary N) is 1. The van der Waals surface area contributed by atoms with E-state index in [0.717, 1.165) is 4.68 Å². The molecular weight excluding hydrogens is 248 g/mol. The second kappa shape index (κ2) is 6.89. The summed E-state index contributed by atoms with van der Waals surface area (Å²) in [5.74, 6) is 0.191. The fourth-order valence-corrected chi connectivity index (χ4v) is 1.32. The molecule has 1 heterocycles. The first-order chi connectivity index (χ1) is 8.95. The van der Waals surface area contributed by atoms with Crippen LogP contribution in [0, 0.1) is 0 Å². The highest BCUT2D eigenvalue weighted by atomic mass is 16.5. The van der Waals surface area contributed by atoms with Crippen molar-refractivity contribution in [1.82, 2.24) is 14.7 Å². The molecule has 0 aliphatic carbocycles. The molecule has 2 N–H and O–H groups in total. The fourth-order valence-electron chi connectivity index (χ4n) is 1.32. The molecule has 0 atom stereocenters. The SMILES string of the molecule is CC(C)N(C)C(=O)Cn1ncc(OCCN)cc1=O.